The zero-order valence-electron chi connectivity index (χ0n) is 25.0. The number of aromatic hydroxyl groups is 2. The second-order valence-electron chi connectivity index (χ2n) is 11.4. The molecule has 1 aromatic carbocycles. The van der Waals surface area contributed by atoms with Gasteiger partial charge in [-0.15, -0.1) is 0 Å². The van der Waals surface area contributed by atoms with Crippen LogP contribution in [0.1, 0.15) is 80.9 Å². The minimum absolute atomic E-state index is 0.0377. The third kappa shape index (κ3) is 6.11. The van der Waals surface area contributed by atoms with Gasteiger partial charge in [-0.3, -0.25) is 9.08 Å². The van der Waals surface area contributed by atoms with Crippen LogP contribution in [0.5, 0.6) is 11.8 Å². The van der Waals surface area contributed by atoms with Gasteiger partial charge in [-0.2, -0.15) is 8.42 Å². The zero-order chi connectivity index (χ0) is 30.9. The van der Waals surface area contributed by atoms with Gasteiger partial charge in [0.1, 0.15) is 4.90 Å². The van der Waals surface area contributed by atoms with Crippen molar-refractivity contribution in [2.45, 2.75) is 75.1 Å². The molecule has 0 fully saturated rings. The maximum atomic E-state index is 13.1. The first-order chi connectivity index (χ1) is 19.8. The number of fused-ring (bicyclic) bond motifs is 5. The molecule has 2 bridgehead atoms. The molecule has 2 N–H and O–H groups in total. The number of carbonyl (C=O) groups is 1. The van der Waals surface area contributed by atoms with E-state index in [0.29, 0.717) is 34.7 Å². The van der Waals surface area contributed by atoms with E-state index in [1.165, 1.54) is 33.5 Å². The zero-order valence-corrected chi connectivity index (χ0v) is 26.8. The van der Waals surface area contributed by atoms with Gasteiger partial charge >= 0.3 is 24.9 Å². The van der Waals surface area contributed by atoms with Crippen LogP contribution in [0.4, 0.5) is 0 Å². The molecular weight excluding hydrogens is 582 g/mol. The number of aromatic nitrogens is 1. The summed E-state index contributed by atoms with van der Waals surface area (Å²) in [5.41, 5.74) is 1.09. The fourth-order valence-corrected chi connectivity index (χ4v) is 8.52. The largest absolute Gasteiger partial charge is 0.500 e. The van der Waals surface area contributed by atoms with Crippen molar-refractivity contribution in [3.63, 3.8) is 0 Å². The summed E-state index contributed by atoms with van der Waals surface area (Å²) in [7, 11) is -2.48. The van der Waals surface area contributed by atoms with Crippen molar-refractivity contribution < 1.29 is 45.7 Å². The summed E-state index contributed by atoms with van der Waals surface area (Å²) in [4.78, 5) is 12.8. The molecule has 2 aromatic rings. The van der Waals surface area contributed by atoms with Crippen molar-refractivity contribution in [1.29, 1.82) is 0 Å². The standard InChI is InChI=1S/C29H41NO10SSi/c1-7-19(18-29(2,3)28(33)39-15-8-16-42(36-4,37-5)38-6)20-11-13-23(14-12-20)41(34,35)40-30-26(31)24-21-9-10-22(17-21)25(24)27(30)32/h9-14,19,21-22,31-32H,7-8,15-18H2,1-6H3. The maximum absolute atomic E-state index is 13.1. The lowest BCUT2D eigenvalue weighted by Crippen LogP contribution is -2.42. The summed E-state index contributed by atoms with van der Waals surface area (Å²) in [5.74, 6) is -1.31. The lowest BCUT2D eigenvalue weighted by molar-refractivity contribution is -0.154. The van der Waals surface area contributed by atoms with Crippen LogP contribution in [-0.4, -0.2) is 66.1 Å². The first kappa shape index (κ1) is 32.1. The highest BCUT2D eigenvalue weighted by Gasteiger charge is 2.43. The summed E-state index contributed by atoms with van der Waals surface area (Å²) >= 11 is 0. The molecule has 0 aliphatic heterocycles. The minimum Gasteiger partial charge on any atom is -0.492 e. The van der Waals surface area contributed by atoms with Crippen LogP contribution in [0.3, 0.4) is 0 Å². The van der Waals surface area contributed by atoms with Gasteiger partial charge in [0.05, 0.1) is 12.0 Å². The summed E-state index contributed by atoms with van der Waals surface area (Å²) in [6.45, 7) is 5.88. The molecule has 3 atom stereocenters. The Hall–Kier alpha value is -2.84. The summed E-state index contributed by atoms with van der Waals surface area (Å²) < 4.78 is 53.7. The first-order valence-electron chi connectivity index (χ1n) is 14.0. The molecule has 0 amide bonds. The average molecular weight is 624 g/mol. The van der Waals surface area contributed by atoms with E-state index < -0.39 is 36.1 Å². The Kier molecular flexibility index (Phi) is 9.48. The molecule has 2 aliphatic carbocycles. The predicted molar refractivity (Wildman–Crippen MR) is 156 cm³/mol. The van der Waals surface area contributed by atoms with E-state index in [1.54, 1.807) is 12.1 Å². The van der Waals surface area contributed by atoms with Gasteiger partial charge in [-0.05, 0) is 63.1 Å². The maximum Gasteiger partial charge on any atom is 0.500 e. The first-order valence-corrected chi connectivity index (χ1v) is 17.4. The Morgan fingerprint density at radius 1 is 1.02 bits per heavy atom. The summed E-state index contributed by atoms with van der Waals surface area (Å²) in [6.07, 6.45) is 6.37. The van der Waals surface area contributed by atoms with E-state index in [-0.39, 0.29) is 35.2 Å². The molecule has 13 heteroatoms. The smallest absolute Gasteiger partial charge is 0.492 e. The fraction of sp³-hybridized carbons (Fsp3) is 0.552. The molecular formula is C29H41NO10SSi. The molecule has 0 spiro atoms. The van der Waals surface area contributed by atoms with Crippen LogP contribution in [-0.2, 0) is 32.9 Å². The van der Waals surface area contributed by atoms with Gasteiger partial charge in [0.2, 0.25) is 11.8 Å². The number of esters is 1. The van der Waals surface area contributed by atoms with Crippen LogP contribution in [0.2, 0.25) is 6.04 Å². The van der Waals surface area contributed by atoms with Gasteiger partial charge < -0.3 is 28.2 Å². The van der Waals surface area contributed by atoms with Gasteiger partial charge in [-0.25, -0.2) is 0 Å². The van der Waals surface area contributed by atoms with E-state index in [2.05, 4.69) is 0 Å². The SMILES string of the molecule is CCC(CC(C)(C)C(=O)OCCC[Si](OC)(OC)OC)c1ccc(S(=O)(=O)On2c(O)c3c(c2O)C2C=CC3C2)cc1. The van der Waals surface area contributed by atoms with Gasteiger partial charge in [0.25, 0.3) is 0 Å². The molecule has 1 aromatic heterocycles. The molecule has 232 valence electrons. The topological polar surface area (TPSA) is 143 Å². The monoisotopic (exact) mass is 623 g/mol. The molecule has 0 saturated carbocycles. The van der Waals surface area contributed by atoms with Crippen LogP contribution in [0.15, 0.2) is 41.3 Å². The lowest BCUT2D eigenvalue weighted by atomic mass is 9.79. The van der Waals surface area contributed by atoms with Crippen molar-refractivity contribution in [1.82, 2.24) is 4.73 Å². The van der Waals surface area contributed by atoms with Crippen molar-refractivity contribution in [3.8, 4) is 11.8 Å². The van der Waals surface area contributed by atoms with Gasteiger partial charge in [-0.1, -0.05) is 35.9 Å². The van der Waals surface area contributed by atoms with Crippen LogP contribution >= 0.6 is 0 Å². The number of nitrogens with zero attached hydrogens (tertiary/aromatic N) is 1. The number of rotatable bonds is 15. The number of hydrogen-bond donors (Lipinski definition) is 2. The lowest BCUT2D eigenvalue weighted by Gasteiger charge is -2.28. The quantitative estimate of drug-likeness (QED) is 0.125. The highest BCUT2D eigenvalue weighted by molar-refractivity contribution is 7.87. The molecule has 2 aliphatic rings. The van der Waals surface area contributed by atoms with E-state index in [4.69, 9.17) is 22.3 Å². The Bertz CT molecular complexity index is 1370. The molecule has 1 heterocycles. The van der Waals surface area contributed by atoms with E-state index in [1.807, 2.05) is 32.9 Å². The second-order valence-corrected chi connectivity index (χ2v) is 16.0. The molecule has 42 heavy (non-hydrogen) atoms. The molecule has 11 nitrogen and oxygen atoms in total. The number of benzene rings is 1. The Labute approximate surface area is 248 Å². The number of hydrogen-bond acceptors (Lipinski definition) is 10. The highest BCUT2D eigenvalue weighted by atomic mass is 32.2. The van der Waals surface area contributed by atoms with Gasteiger partial charge in [0, 0.05) is 50.3 Å². The van der Waals surface area contributed by atoms with Crippen molar-refractivity contribution in [2.75, 3.05) is 27.9 Å². The van der Waals surface area contributed by atoms with E-state index in [0.717, 1.165) is 18.4 Å². The Morgan fingerprint density at radius 2 is 1.57 bits per heavy atom. The number of ether oxygens (including phenoxy) is 1. The molecule has 3 unspecified atom stereocenters. The second kappa shape index (κ2) is 12.4. The molecule has 4 rings (SSSR count). The number of carbonyl (C=O) groups excluding carboxylic acids is 1. The molecule has 0 radical (unpaired) electrons. The van der Waals surface area contributed by atoms with Crippen LogP contribution in [0.25, 0.3) is 0 Å². The predicted octanol–water partition coefficient (Wildman–Crippen LogP) is 4.58. The molecule has 0 saturated heterocycles. The van der Waals surface area contributed by atoms with E-state index in [9.17, 15) is 23.4 Å². The van der Waals surface area contributed by atoms with Crippen molar-refractivity contribution in [2.24, 2.45) is 5.41 Å². The highest BCUT2D eigenvalue weighted by Crippen LogP contribution is 2.56. The Balaban J connectivity index is 1.38. The van der Waals surface area contributed by atoms with Crippen molar-refractivity contribution >= 4 is 24.9 Å². The number of allylic oxidation sites excluding steroid dienone is 2. The van der Waals surface area contributed by atoms with Crippen LogP contribution < -0.4 is 4.28 Å². The third-order valence-corrected chi connectivity index (χ3v) is 12.4. The Morgan fingerprint density at radius 3 is 2.07 bits per heavy atom. The van der Waals surface area contributed by atoms with Crippen LogP contribution in [0, 0.1) is 5.41 Å². The summed E-state index contributed by atoms with van der Waals surface area (Å²) in [6, 6.07) is 6.75. The summed E-state index contributed by atoms with van der Waals surface area (Å²) in [5, 5.41) is 21.3. The van der Waals surface area contributed by atoms with E-state index >= 15 is 0 Å². The third-order valence-electron chi connectivity index (χ3n) is 8.39. The van der Waals surface area contributed by atoms with Crippen molar-refractivity contribution in [3.05, 3.63) is 53.1 Å². The fourth-order valence-electron chi connectivity index (χ4n) is 5.94. The minimum atomic E-state index is -4.36. The normalized spacial score (nSPS) is 18.7. The van der Waals surface area contributed by atoms with Gasteiger partial charge in [0.15, 0.2) is 0 Å². The average Bonchev–Trinajstić information content (AvgIpc) is 3.67.